The molecular weight excluding hydrogens is 375 g/mol. The molecule has 0 bridgehead atoms. The molecule has 0 aromatic heterocycles. The van der Waals surface area contributed by atoms with E-state index in [2.05, 4.69) is 59.9 Å². The highest BCUT2D eigenvalue weighted by atomic mass is 31.2. The molecule has 5 nitrogen and oxygen atoms in total. The van der Waals surface area contributed by atoms with Crippen molar-refractivity contribution in [3.63, 3.8) is 0 Å². The molecule has 28 heavy (non-hydrogen) atoms. The third-order valence-corrected chi connectivity index (χ3v) is 7.12. The smallest absolute Gasteiger partial charge is 0.466 e. The fourth-order valence-corrected chi connectivity index (χ4v) is 3.79. The zero-order valence-corrected chi connectivity index (χ0v) is 19.9. The monoisotopic (exact) mass is 416 g/mol. The zero-order valence-electron chi connectivity index (χ0n) is 21.0. The summed E-state index contributed by atoms with van der Waals surface area (Å²) >= 11 is 0. The Morgan fingerprint density at radius 1 is 1.14 bits per heavy atom. The van der Waals surface area contributed by atoms with Crippen molar-refractivity contribution in [1.82, 2.24) is 0 Å². The van der Waals surface area contributed by atoms with Crippen LogP contribution in [0.4, 0.5) is 0 Å². The second-order valence-corrected chi connectivity index (χ2v) is 10.2. The van der Waals surface area contributed by atoms with E-state index in [9.17, 15) is 9.46 Å². The number of aryl methyl sites for hydroxylation is 1. The molecule has 0 spiro atoms. The molecule has 0 amide bonds. The maximum absolute atomic E-state index is 11.9. The lowest BCUT2D eigenvalue weighted by atomic mass is 9.64. The first-order valence-corrected chi connectivity index (χ1v) is 11.4. The van der Waals surface area contributed by atoms with Crippen LogP contribution < -0.4 is 4.74 Å². The van der Waals surface area contributed by atoms with Gasteiger partial charge in [0.05, 0.1) is 0 Å². The first-order chi connectivity index (χ1) is 13.5. The Balaban J connectivity index is 3.83. The molecule has 1 N–H and O–H groups in total. The highest BCUT2D eigenvalue weighted by Crippen LogP contribution is 2.49. The minimum atomic E-state index is -4.60. The number of benzene rings is 1. The summed E-state index contributed by atoms with van der Waals surface area (Å²) in [7, 11) is -3.61. The summed E-state index contributed by atoms with van der Waals surface area (Å²) in [6.45, 7) is 16.1. The number of phosphoric acid groups is 1. The van der Waals surface area contributed by atoms with Crippen molar-refractivity contribution < 1.29 is 26.0 Å². The molecule has 0 saturated carbocycles. The fourth-order valence-electron chi connectivity index (χ4n) is 3.58. The average molecular weight is 417 g/mol. The topological polar surface area (TPSA) is 65.0 Å². The largest absolute Gasteiger partial charge is 0.474 e. The lowest BCUT2D eigenvalue weighted by Gasteiger charge is -2.41. The first-order valence-electron chi connectivity index (χ1n) is 10.9. The summed E-state index contributed by atoms with van der Waals surface area (Å²) in [6, 6.07) is 3.99. The summed E-state index contributed by atoms with van der Waals surface area (Å²) < 4.78 is 43.1. The number of hydrogen-bond donors (Lipinski definition) is 1. The molecule has 0 saturated heterocycles. The SMILES string of the molecule is [2H]C([2H])(Oc1c(C(C)C(C)C)ccc(C)c1C(C)(C(C)C)C(C)C)OP(=O)(O)OC. The lowest BCUT2D eigenvalue weighted by Crippen LogP contribution is -2.36. The van der Waals surface area contributed by atoms with Gasteiger partial charge in [0.2, 0.25) is 0 Å². The molecule has 0 radical (unpaired) electrons. The van der Waals surface area contributed by atoms with E-state index in [1.165, 1.54) is 0 Å². The highest BCUT2D eigenvalue weighted by Gasteiger charge is 2.39. The van der Waals surface area contributed by atoms with Gasteiger partial charge >= 0.3 is 7.82 Å². The van der Waals surface area contributed by atoms with Crippen LogP contribution in [0.2, 0.25) is 0 Å². The second kappa shape index (κ2) is 9.75. The molecule has 162 valence electrons. The molecule has 2 atom stereocenters. The summed E-state index contributed by atoms with van der Waals surface area (Å²) in [6.07, 6.45) is 0. The summed E-state index contributed by atoms with van der Waals surface area (Å²) in [4.78, 5) is 9.65. The number of rotatable bonds is 10. The molecular formula is C22H39O5P. The van der Waals surface area contributed by atoms with E-state index in [-0.39, 0.29) is 29.1 Å². The maximum Gasteiger partial charge on any atom is 0.474 e. The predicted molar refractivity (Wildman–Crippen MR) is 115 cm³/mol. The van der Waals surface area contributed by atoms with Gasteiger partial charge in [-0.25, -0.2) is 9.09 Å². The maximum atomic E-state index is 11.9. The Hall–Kier alpha value is -0.870. The van der Waals surface area contributed by atoms with Gasteiger partial charge in [-0.1, -0.05) is 67.5 Å². The molecule has 0 aliphatic heterocycles. The van der Waals surface area contributed by atoms with Gasteiger partial charge in [-0.15, -0.1) is 0 Å². The molecule has 0 heterocycles. The van der Waals surface area contributed by atoms with Crippen molar-refractivity contribution in [2.45, 2.75) is 73.6 Å². The number of hydrogen-bond acceptors (Lipinski definition) is 4. The van der Waals surface area contributed by atoms with E-state index in [1.807, 2.05) is 19.1 Å². The summed E-state index contributed by atoms with van der Waals surface area (Å²) in [5.74, 6) is 1.20. The Morgan fingerprint density at radius 3 is 2.11 bits per heavy atom. The third-order valence-electron chi connectivity index (χ3n) is 6.35. The Labute approximate surface area is 174 Å². The van der Waals surface area contributed by atoms with Crippen LogP contribution in [-0.2, 0) is 19.0 Å². The van der Waals surface area contributed by atoms with E-state index in [0.29, 0.717) is 5.75 Å². The van der Waals surface area contributed by atoms with E-state index in [4.69, 9.17) is 12.0 Å². The fraction of sp³-hybridized carbons (Fsp3) is 0.727. The molecule has 6 heteroatoms. The van der Waals surface area contributed by atoms with Gasteiger partial charge in [0.1, 0.15) is 8.49 Å². The highest BCUT2D eigenvalue weighted by molar-refractivity contribution is 7.47. The standard InChI is InChI=1S/C22H39O5P/c1-14(2)18(8)19-12-11-17(7)20(22(9,15(3)4)16(5)6)21(19)26-13-27-28(23,24)25-10/h11-12,14-16,18H,13H2,1-10H3,(H,23,24)/i13D2. The van der Waals surface area contributed by atoms with Crippen LogP contribution in [0.15, 0.2) is 12.1 Å². The van der Waals surface area contributed by atoms with Crippen LogP contribution >= 0.6 is 7.82 Å². The molecule has 1 aromatic carbocycles. The van der Waals surface area contributed by atoms with E-state index >= 15 is 0 Å². The van der Waals surface area contributed by atoms with Gasteiger partial charge in [-0.2, -0.15) is 0 Å². The summed E-state index contributed by atoms with van der Waals surface area (Å²) in [5, 5.41) is 0. The normalized spacial score (nSPS) is 17.5. The number of ether oxygens (including phenoxy) is 1. The Bertz CT molecular complexity index is 769. The van der Waals surface area contributed by atoms with E-state index < -0.39 is 14.6 Å². The molecule has 0 fully saturated rings. The lowest BCUT2D eigenvalue weighted by molar-refractivity contribution is 0.0709. The molecule has 1 rings (SSSR count). The summed E-state index contributed by atoms with van der Waals surface area (Å²) in [5.41, 5.74) is 2.39. The first kappa shape index (κ1) is 21.8. The number of phosphoric ester groups is 1. The van der Waals surface area contributed by atoms with Crippen molar-refractivity contribution >= 4 is 7.82 Å². The molecule has 2 unspecified atom stereocenters. The van der Waals surface area contributed by atoms with Crippen molar-refractivity contribution in [2.24, 2.45) is 17.8 Å². The van der Waals surface area contributed by atoms with E-state index in [0.717, 1.165) is 23.8 Å². The predicted octanol–water partition coefficient (Wildman–Crippen LogP) is 6.42. The van der Waals surface area contributed by atoms with Gasteiger partial charge in [-0.3, -0.25) is 4.52 Å². The van der Waals surface area contributed by atoms with Crippen molar-refractivity contribution in [3.05, 3.63) is 28.8 Å². The minimum absolute atomic E-state index is 0.0714. The van der Waals surface area contributed by atoms with Crippen LogP contribution in [0.25, 0.3) is 0 Å². The van der Waals surface area contributed by atoms with Gasteiger partial charge in [-0.05, 0) is 41.7 Å². The quantitative estimate of drug-likeness (QED) is 0.352. The van der Waals surface area contributed by atoms with Crippen LogP contribution in [0.5, 0.6) is 5.75 Å². The van der Waals surface area contributed by atoms with Crippen LogP contribution in [0, 0.1) is 24.7 Å². The van der Waals surface area contributed by atoms with Crippen molar-refractivity contribution in [1.29, 1.82) is 0 Å². The van der Waals surface area contributed by atoms with Gasteiger partial charge in [0, 0.05) is 18.1 Å². The van der Waals surface area contributed by atoms with Crippen LogP contribution in [0.3, 0.4) is 0 Å². The Morgan fingerprint density at radius 2 is 1.68 bits per heavy atom. The van der Waals surface area contributed by atoms with E-state index in [1.54, 1.807) is 0 Å². The second-order valence-electron chi connectivity index (χ2n) is 8.73. The van der Waals surface area contributed by atoms with Crippen molar-refractivity contribution in [2.75, 3.05) is 13.9 Å². The van der Waals surface area contributed by atoms with Gasteiger partial charge < -0.3 is 9.63 Å². The van der Waals surface area contributed by atoms with Gasteiger partial charge in [0.15, 0.2) is 6.75 Å². The molecule has 1 aromatic rings. The zero-order chi connectivity index (χ0) is 23.7. The van der Waals surface area contributed by atoms with Crippen LogP contribution in [-0.4, -0.2) is 18.7 Å². The average Bonchev–Trinajstić information content (AvgIpc) is 2.59. The van der Waals surface area contributed by atoms with Crippen LogP contribution in [0.1, 0.15) is 80.7 Å². The minimum Gasteiger partial charge on any atom is -0.466 e. The van der Waals surface area contributed by atoms with Crippen molar-refractivity contribution in [3.8, 4) is 5.75 Å². The Kier molecular flexibility index (Phi) is 7.60. The molecule has 0 aliphatic rings. The van der Waals surface area contributed by atoms with Gasteiger partial charge in [0.25, 0.3) is 0 Å². The molecule has 0 aliphatic carbocycles. The third kappa shape index (κ3) is 5.38.